The SMILES string of the molecule is O=C(NCCc1c[nH]c2ccccc12)c1ccc2[nH]nc(-c3ccnc4ccccc34)c2c1. The molecular weight excluding hydrogens is 410 g/mol. The highest BCUT2D eigenvalue weighted by Crippen LogP contribution is 2.31. The lowest BCUT2D eigenvalue weighted by molar-refractivity contribution is 0.0954. The van der Waals surface area contributed by atoms with Gasteiger partial charge in [0, 0.05) is 51.7 Å². The summed E-state index contributed by atoms with van der Waals surface area (Å²) < 4.78 is 0. The molecule has 0 unspecified atom stereocenters. The topological polar surface area (TPSA) is 86.5 Å². The third-order valence-corrected chi connectivity index (χ3v) is 6.08. The van der Waals surface area contributed by atoms with Gasteiger partial charge in [-0.3, -0.25) is 14.9 Å². The molecule has 0 bridgehead atoms. The quantitative estimate of drug-likeness (QED) is 0.349. The van der Waals surface area contributed by atoms with E-state index in [9.17, 15) is 4.79 Å². The van der Waals surface area contributed by atoms with E-state index in [-0.39, 0.29) is 5.91 Å². The van der Waals surface area contributed by atoms with Crippen molar-refractivity contribution >= 4 is 38.6 Å². The predicted molar refractivity (Wildman–Crippen MR) is 131 cm³/mol. The number of benzene rings is 3. The van der Waals surface area contributed by atoms with Crippen LogP contribution < -0.4 is 5.32 Å². The van der Waals surface area contributed by atoms with E-state index in [1.165, 1.54) is 10.9 Å². The maximum Gasteiger partial charge on any atom is 0.251 e. The third-order valence-electron chi connectivity index (χ3n) is 6.08. The summed E-state index contributed by atoms with van der Waals surface area (Å²) in [6, 6.07) is 23.8. The number of nitrogens with one attached hydrogen (secondary N) is 3. The molecule has 0 saturated carbocycles. The summed E-state index contributed by atoms with van der Waals surface area (Å²) in [5.74, 6) is -0.0940. The van der Waals surface area contributed by atoms with Gasteiger partial charge in [-0.25, -0.2) is 0 Å². The van der Waals surface area contributed by atoms with Crippen molar-refractivity contribution in [3.05, 3.63) is 96.3 Å². The van der Waals surface area contributed by atoms with Crippen molar-refractivity contribution in [3.8, 4) is 11.3 Å². The average Bonchev–Trinajstić information content (AvgIpc) is 3.47. The number of rotatable bonds is 5. The number of aromatic amines is 2. The van der Waals surface area contributed by atoms with E-state index < -0.39 is 0 Å². The van der Waals surface area contributed by atoms with Crippen molar-refractivity contribution in [2.45, 2.75) is 6.42 Å². The molecule has 1 amide bonds. The molecule has 3 aromatic heterocycles. The number of carbonyl (C=O) groups is 1. The van der Waals surface area contributed by atoms with E-state index in [2.05, 4.69) is 37.6 Å². The van der Waals surface area contributed by atoms with E-state index in [4.69, 9.17) is 0 Å². The minimum Gasteiger partial charge on any atom is -0.361 e. The van der Waals surface area contributed by atoms with Crippen LogP contribution in [0.5, 0.6) is 0 Å². The molecule has 3 aromatic carbocycles. The lowest BCUT2D eigenvalue weighted by atomic mass is 10.0. The molecule has 0 radical (unpaired) electrons. The second-order valence-electron chi connectivity index (χ2n) is 8.07. The summed E-state index contributed by atoms with van der Waals surface area (Å²) >= 11 is 0. The van der Waals surface area contributed by atoms with Gasteiger partial charge in [0.2, 0.25) is 0 Å². The molecule has 6 heteroatoms. The van der Waals surface area contributed by atoms with Gasteiger partial charge in [0.05, 0.1) is 11.0 Å². The third kappa shape index (κ3) is 3.42. The van der Waals surface area contributed by atoms with Crippen LogP contribution in [-0.2, 0) is 6.42 Å². The molecule has 0 saturated heterocycles. The van der Waals surface area contributed by atoms with Gasteiger partial charge in [0.25, 0.3) is 5.91 Å². The molecule has 0 spiro atoms. The zero-order chi connectivity index (χ0) is 22.2. The number of hydrogen-bond acceptors (Lipinski definition) is 3. The molecule has 33 heavy (non-hydrogen) atoms. The molecule has 160 valence electrons. The fourth-order valence-electron chi connectivity index (χ4n) is 4.41. The number of amides is 1. The summed E-state index contributed by atoms with van der Waals surface area (Å²) in [6.07, 6.45) is 4.57. The van der Waals surface area contributed by atoms with Crippen molar-refractivity contribution in [2.75, 3.05) is 6.54 Å². The van der Waals surface area contributed by atoms with Crippen LogP contribution in [0.3, 0.4) is 0 Å². The number of H-pyrrole nitrogens is 2. The number of aromatic nitrogens is 4. The number of fused-ring (bicyclic) bond motifs is 3. The normalized spacial score (nSPS) is 11.4. The van der Waals surface area contributed by atoms with Crippen LogP contribution in [0.15, 0.2) is 85.2 Å². The second-order valence-corrected chi connectivity index (χ2v) is 8.07. The van der Waals surface area contributed by atoms with Crippen LogP contribution in [-0.4, -0.2) is 32.6 Å². The highest BCUT2D eigenvalue weighted by atomic mass is 16.1. The smallest absolute Gasteiger partial charge is 0.251 e. The van der Waals surface area contributed by atoms with Gasteiger partial charge in [-0.1, -0.05) is 36.4 Å². The molecule has 0 aliphatic heterocycles. The highest BCUT2D eigenvalue weighted by Gasteiger charge is 2.14. The van der Waals surface area contributed by atoms with Crippen molar-refractivity contribution in [1.82, 2.24) is 25.5 Å². The van der Waals surface area contributed by atoms with Gasteiger partial charge in [0.15, 0.2) is 0 Å². The van der Waals surface area contributed by atoms with Crippen LogP contribution in [0.25, 0.3) is 44.0 Å². The highest BCUT2D eigenvalue weighted by molar-refractivity contribution is 6.05. The molecule has 6 rings (SSSR count). The van der Waals surface area contributed by atoms with Crippen LogP contribution in [0, 0.1) is 0 Å². The number of pyridine rings is 1. The van der Waals surface area contributed by atoms with Gasteiger partial charge >= 0.3 is 0 Å². The number of para-hydroxylation sites is 2. The Labute approximate surface area is 189 Å². The molecule has 0 atom stereocenters. The molecule has 3 N–H and O–H groups in total. The summed E-state index contributed by atoms with van der Waals surface area (Å²) in [5, 5.41) is 13.8. The Balaban J connectivity index is 1.26. The molecule has 0 aliphatic carbocycles. The average molecular weight is 431 g/mol. The first kappa shape index (κ1) is 19.3. The predicted octanol–water partition coefficient (Wildman–Crippen LogP) is 5.23. The Bertz CT molecular complexity index is 1620. The van der Waals surface area contributed by atoms with Crippen LogP contribution in [0.4, 0.5) is 0 Å². The van der Waals surface area contributed by atoms with E-state index in [1.807, 2.05) is 66.9 Å². The van der Waals surface area contributed by atoms with E-state index in [1.54, 1.807) is 6.20 Å². The first-order chi connectivity index (χ1) is 16.3. The molecule has 0 aliphatic rings. The maximum absolute atomic E-state index is 12.9. The zero-order valence-electron chi connectivity index (χ0n) is 17.8. The summed E-state index contributed by atoms with van der Waals surface area (Å²) in [7, 11) is 0. The standard InChI is InChI=1S/C27H21N5O/c33-27(29-13-11-18-16-30-23-7-3-1-5-19(18)23)17-9-10-25-22(15-17)26(32-31-25)21-12-14-28-24-8-4-2-6-20(21)24/h1-10,12,14-16,30H,11,13H2,(H,29,33)(H,31,32). The van der Waals surface area contributed by atoms with Gasteiger partial charge in [-0.05, 0) is 48.4 Å². The summed E-state index contributed by atoms with van der Waals surface area (Å²) in [5.41, 5.74) is 6.53. The van der Waals surface area contributed by atoms with Crippen LogP contribution >= 0.6 is 0 Å². The largest absolute Gasteiger partial charge is 0.361 e. The van der Waals surface area contributed by atoms with Gasteiger partial charge < -0.3 is 10.3 Å². The molecule has 6 aromatic rings. The van der Waals surface area contributed by atoms with Crippen molar-refractivity contribution < 1.29 is 4.79 Å². The van der Waals surface area contributed by atoms with Crippen LogP contribution in [0.1, 0.15) is 15.9 Å². The van der Waals surface area contributed by atoms with E-state index >= 15 is 0 Å². The van der Waals surface area contributed by atoms with E-state index in [0.717, 1.165) is 45.0 Å². The maximum atomic E-state index is 12.9. The van der Waals surface area contributed by atoms with E-state index in [0.29, 0.717) is 12.1 Å². The Morgan fingerprint density at radius 1 is 0.879 bits per heavy atom. The molecular formula is C27H21N5O. The molecule has 6 nitrogen and oxygen atoms in total. The van der Waals surface area contributed by atoms with Gasteiger partial charge in [-0.2, -0.15) is 5.10 Å². The first-order valence-corrected chi connectivity index (χ1v) is 10.9. The minimum atomic E-state index is -0.0940. The fraction of sp³-hybridized carbons (Fsp3) is 0.0741. The molecule has 3 heterocycles. The summed E-state index contributed by atoms with van der Waals surface area (Å²) in [4.78, 5) is 20.6. The minimum absolute atomic E-state index is 0.0940. The van der Waals surface area contributed by atoms with Crippen molar-refractivity contribution in [1.29, 1.82) is 0 Å². The van der Waals surface area contributed by atoms with Crippen molar-refractivity contribution in [3.63, 3.8) is 0 Å². The number of carbonyl (C=O) groups excluding carboxylic acids is 1. The second kappa shape index (κ2) is 7.91. The van der Waals surface area contributed by atoms with Gasteiger partial charge in [-0.15, -0.1) is 0 Å². The zero-order valence-corrected chi connectivity index (χ0v) is 17.8. The lowest BCUT2D eigenvalue weighted by Gasteiger charge is -2.07. The Morgan fingerprint density at radius 2 is 1.73 bits per heavy atom. The molecule has 0 fully saturated rings. The van der Waals surface area contributed by atoms with Gasteiger partial charge in [0.1, 0.15) is 5.69 Å². The first-order valence-electron chi connectivity index (χ1n) is 10.9. The Morgan fingerprint density at radius 3 is 2.67 bits per heavy atom. The fourth-order valence-corrected chi connectivity index (χ4v) is 4.41. The Hall–Kier alpha value is -4.45. The lowest BCUT2D eigenvalue weighted by Crippen LogP contribution is -2.25. The number of nitrogens with zero attached hydrogens (tertiary/aromatic N) is 2. The van der Waals surface area contributed by atoms with Crippen molar-refractivity contribution in [2.24, 2.45) is 0 Å². The number of hydrogen-bond donors (Lipinski definition) is 3. The summed E-state index contributed by atoms with van der Waals surface area (Å²) in [6.45, 7) is 0.561. The Kier molecular flexibility index (Phi) is 4.61. The monoisotopic (exact) mass is 431 g/mol. The van der Waals surface area contributed by atoms with Crippen LogP contribution in [0.2, 0.25) is 0 Å².